The molecule has 3 rings (SSSR count). The van der Waals surface area contributed by atoms with Crippen molar-refractivity contribution in [3.05, 3.63) is 22.4 Å². The highest BCUT2D eigenvalue weighted by molar-refractivity contribution is 8.00. The number of aliphatic carboxylic acids is 1. The average Bonchev–Trinajstić information content (AvgIpc) is 3.12. The Hall–Kier alpha value is -1.62. The van der Waals surface area contributed by atoms with Crippen LogP contribution in [-0.2, 0) is 14.4 Å². The van der Waals surface area contributed by atoms with Crippen LogP contribution in [0.1, 0.15) is 24.8 Å². The molecule has 8 nitrogen and oxygen atoms in total. The van der Waals surface area contributed by atoms with Gasteiger partial charge in [0, 0.05) is 16.7 Å². The van der Waals surface area contributed by atoms with Crippen LogP contribution in [0.5, 0.6) is 0 Å². The predicted octanol–water partition coefficient (Wildman–Crippen LogP) is -0.0308. The van der Waals surface area contributed by atoms with E-state index in [4.69, 9.17) is 5.73 Å². The molecule has 4 atom stereocenters. The van der Waals surface area contributed by atoms with Crippen molar-refractivity contribution in [3.63, 3.8) is 0 Å². The number of thiophene rings is 1. The Kier molecular flexibility index (Phi) is 5.29. The molecule has 2 saturated heterocycles. The Morgan fingerprint density at radius 1 is 1.46 bits per heavy atom. The molecule has 142 valence electrons. The molecule has 26 heavy (non-hydrogen) atoms. The highest BCUT2D eigenvalue weighted by Gasteiger charge is 2.57. The maximum Gasteiger partial charge on any atom is 0.326 e. The second-order valence-corrected chi connectivity index (χ2v) is 8.92. The average molecular weight is 399 g/mol. The summed E-state index contributed by atoms with van der Waals surface area (Å²) in [6.07, 6.45) is 0. The summed E-state index contributed by atoms with van der Waals surface area (Å²) < 4.78 is 0. The quantitative estimate of drug-likeness (QED) is 0.496. The number of nitrogens with two attached hydrogens (primary N) is 1. The molecule has 2 fully saturated rings. The molecule has 10 heteroatoms. The zero-order valence-electron chi connectivity index (χ0n) is 14.5. The molecule has 2 amide bonds. The molecular weight excluding hydrogens is 376 g/mol. The zero-order chi connectivity index (χ0) is 19.1. The van der Waals surface area contributed by atoms with Gasteiger partial charge in [-0.3, -0.25) is 19.7 Å². The molecule has 3 unspecified atom stereocenters. The number of carbonyl (C=O) groups is 3. The highest BCUT2D eigenvalue weighted by atomic mass is 32.2. The topological polar surface area (TPSA) is 125 Å². The largest absolute Gasteiger partial charge is 0.480 e. The second kappa shape index (κ2) is 7.18. The van der Waals surface area contributed by atoms with Gasteiger partial charge in [-0.15, -0.1) is 23.1 Å². The van der Waals surface area contributed by atoms with E-state index in [0.717, 1.165) is 4.88 Å². The number of carbonyl (C=O) groups excluding carboxylic acids is 2. The van der Waals surface area contributed by atoms with Crippen molar-refractivity contribution in [1.29, 1.82) is 0 Å². The maximum atomic E-state index is 12.5. The molecule has 1 aromatic heterocycles. The number of carboxylic acid groups (broad SMARTS) is 1. The second-order valence-electron chi connectivity index (χ2n) is 6.83. The van der Waals surface area contributed by atoms with E-state index in [2.05, 4.69) is 10.6 Å². The number of thioether (sulfide) groups is 1. The van der Waals surface area contributed by atoms with Crippen molar-refractivity contribution < 1.29 is 19.5 Å². The maximum absolute atomic E-state index is 12.5. The van der Waals surface area contributed by atoms with Gasteiger partial charge in [0.25, 0.3) is 0 Å². The van der Waals surface area contributed by atoms with Gasteiger partial charge in [-0.05, 0) is 25.3 Å². The van der Waals surface area contributed by atoms with Crippen molar-refractivity contribution >= 4 is 40.9 Å². The summed E-state index contributed by atoms with van der Waals surface area (Å²) in [6, 6.07) is 2.08. The van der Waals surface area contributed by atoms with Crippen LogP contribution in [-0.4, -0.2) is 63.1 Å². The number of nitrogens with zero attached hydrogens (tertiary/aromatic N) is 1. The van der Waals surface area contributed by atoms with Crippen molar-refractivity contribution in [2.75, 3.05) is 12.3 Å². The highest BCUT2D eigenvalue weighted by Crippen LogP contribution is 2.38. The van der Waals surface area contributed by atoms with Gasteiger partial charge in [0.2, 0.25) is 11.8 Å². The third-order valence-electron chi connectivity index (χ3n) is 4.49. The zero-order valence-corrected chi connectivity index (χ0v) is 16.1. The first-order chi connectivity index (χ1) is 12.2. The summed E-state index contributed by atoms with van der Waals surface area (Å²) in [6.45, 7) is 3.82. The number of β-lactam (4-membered cyclic amide) rings is 1. The van der Waals surface area contributed by atoms with Crippen molar-refractivity contribution in [2.24, 2.45) is 5.73 Å². The fraction of sp³-hybridized carbons (Fsp3) is 0.562. The lowest BCUT2D eigenvalue weighted by molar-refractivity contribution is -0.156. The van der Waals surface area contributed by atoms with Gasteiger partial charge in [-0.1, -0.05) is 6.07 Å². The summed E-state index contributed by atoms with van der Waals surface area (Å²) in [5, 5.41) is 17.0. The van der Waals surface area contributed by atoms with E-state index in [0.29, 0.717) is 5.75 Å². The van der Waals surface area contributed by atoms with Crippen LogP contribution in [0.3, 0.4) is 0 Å². The third-order valence-corrected chi connectivity index (χ3v) is 6.97. The van der Waals surface area contributed by atoms with Crippen LogP contribution in [0.25, 0.3) is 0 Å². The van der Waals surface area contributed by atoms with Crippen molar-refractivity contribution in [1.82, 2.24) is 15.5 Å². The standard InChI is InChI=1S/C16H22N4O4S2/c1-8(2)19-16(15(23)24)6-20-13(22)11(14(20)26-7-16)18-12(21)10(17)9-4-3-5-25-9/h3-5,8,10-11,14,19H,6-7,17H2,1-2H3,(H,18,21)(H,23,24)/t10?,11?,14-,16?/m1/s1. The van der Waals surface area contributed by atoms with E-state index < -0.39 is 29.5 Å². The molecule has 5 N–H and O–H groups in total. The number of fused-ring (bicyclic) bond motifs is 1. The number of hydrogen-bond acceptors (Lipinski definition) is 7. The fourth-order valence-electron chi connectivity index (χ4n) is 3.25. The Bertz CT molecular complexity index is 711. The Morgan fingerprint density at radius 3 is 2.77 bits per heavy atom. The molecular formula is C16H22N4O4S2. The SMILES string of the molecule is CC(C)NC1(C(=O)O)CS[C@@H]2C(NC(=O)C(N)c3cccs3)C(=O)N2C1. The van der Waals surface area contributed by atoms with Gasteiger partial charge >= 0.3 is 5.97 Å². The molecule has 2 aliphatic rings. The minimum atomic E-state index is -1.17. The van der Waals surface area contributed by atoms with E-state index in [1.807, 2.05) is 25.3 Å². The Balaban J connectivity index is 1.65. The number of amides is 2. The molecule has 0 saturated carbocycles. The Labute approximate surface area is 159 Å². The smallest absolute Gasteiger partial charge is 0.326 e. The Morgan fingerprint density at radius 2 is 2.19 bits per heavy atom. The fourth-order valence-corrected chi connectivity index (χ4v) is 5.46. The lowest BCUT2D eigenvalue weighted by Crippen LogP contribution is -2.77. The van der Waals surface area contributed by atoms with Crippen LogP contribution >= 0.6 is 23.1 Å². The van der Waals surface area contributed by atoms with Crippen LogP contribution in [0, 0.1) is 0 Å². The van der Waals surface area contributed by atoms with E-state index >= 15 is 0 Å². The first-order valence-electron chi connectivity index (χ1n) is 8.28. The molecule has 0 bridgehead atoms. The predicted molar refractivity (Wildman–Crippen MR) is 99.8 cm³/mol. The number of nitrogens with one attached hydrogen (secondary N) is 2. The molecule has 0 aliphatic carbocycles. The van der Waals surface area contributed by atoms with Crippen LogP contribution in [0.4, 0.5) is 0 Å². The van der Waals surface area contributed by atoms with E-state index in [1.165, 1.54) is 28.0 Å². The number of rotatable bonds is 6. The molecule has 2 aliphatic heterocycles. The lowest BCUT2D eigenvalue weighted by atomic mass is 9.95. The molecule has 0 spiro atoms. The lowest BCUT2D eigenvalue weighted by Gasteiger charge is -2.54. The van der Waals surface area contributed by atoms with Crippen LogP contribution < -0.4 is 16.4 Å². The minimum Gasteiger partial charge on any atom is -0.480 e. The van der Waals surface area contributed by atoms with E-state index in [-0.39, 0.29) is 23.9 Å². The van der Waals surface area contributed by atoms with Gasteiger partial charge in [-0.2, -0.15) is 0 Å². The first kappa shape index (κ1) is 19.2. The summed E-state index contributed by atoms with van der Waals surface area (Å²) in [5.74, 6) is -1.33. The van der Waals surface area contributed by atoms with Crippen molar-refractivity contribution in [3.8, 4) is 0 Å². The monoisotopic (exact) mass is 398 g/mol. The van der Waals surface area contributed by atoms with Crippen molar-refractivity contribution in [2.45, 2.75) is 42.9 Å². The van der Waals surface area contributed by atoms with Crippen LogP contribution in [0.15, 0.2) is 17.5 Å². The van der Waals surface area contributed by atoms with Gasteiger partial charge in [0.1, 0.15) is 23.0 Å². The number of carboxylic acids is 1. The molecule has 0 radical (unpaired) electrons. The van der Waals surface area contributed by atoms with Gasteiger partial charge in [-0.25, -0.2) is 0 Å². The van der Waals surface area contributed by atoms with Crippen LogP contribution in [0.2, 0.25) is 0 Å². The summed E-state index contributed by atoms with van der Waals surface area (Å²) >= 11 is 2.75. The van der Waals surface area contributed by atoms with Gasteiger partial charge in [0.05, 0.1) is 6.54 Å². The van der Waals surface area contributed by atoms with Gasteiger partial charge < -0.3 is 21.1 Å². The molecule has 1 aromatic rings. The third kappa shape index (κ3) is 3.34. The summed E-state index contributed by atoms with van der Waals surface area (Å²) in [5.41, 5.74) is 4.77. The summed E-state index contributed by atoms with van der Waals surface area (Å²) in [7, 11) is 0. The normalized spacial score (nSPS) is 29.1. The first-order valence-corrected chi connectivity index (χ1v) is 10.2. The molecule has 3 heterocycles. The van der Waals surface area contributed by atoms with E-state index in [1.54, 1.807) is 6.07 Å². The summed E-state index contributed by atoms with van der Waals surface area (Å²) in [4.78, 5) is 38.8. The number of hydrogen-bond donors (Lipinski definition) is 4. The molecule has 0 aromatic carbocycles. The van der Waals surface area contributed by atoms with E-state index in [9.17, 15) is 19.5 Å². The minimum absolute atomic E-state index is 0.0288. The van der Waals surface area contributed by atoms with Gasteiger partial charge in [0.15, 0.2) is 0 Å².